The molecule has 10 heteroatoms. The third-order valence-electron chi connectivity index (χ3n) is 5.69. The molecule has 1 aromatic carbocycles. The minimum atomic E-state index is -3.15. The lowest BCUT2D eigenvalue weighted by atomic mass is 9.97. The monoisotopic (exact) mass is 438 g/mol. The molecule has 166 valence electrons. The summed E-state index contributed by atoms with van der Waals surface area (Å²) in [6.45, 7) is 5.09. The van der Waals surface area contributed by atoms with Gasteiger partial charge in [0.1, 0.15) is 6.61 Å². The largest absolute Gasteiger partial charge is 0.356 e. The summed E-state index contributed by atoms with van der Waals surface area (Å²) in [6, 6.07) is 7.26. The van der Waals surface area contributed by atoms with E-state index in [1.54, 1.807) is 11.9 Å². The Hall–Kier alpha value is -2.01. The molecule has 1 N–H and O–H groups in total. The third-order valence-corrected chi connectivity index (χ3v) is 6.99. The zero-order valence-electron chi connectivity index (χ0n) is 17.7. The summed E-state index contributed by atoms with van der Waals surface area (Å²) in [5.74, 6) is -0.414. The average molecular weight is 439 g/mol. The number of amides is 2. The molecule has 0 spiro atoms. The Bertz CT molecular complexity index is 866. The maximum absolute atomic E-state index is 12.8. The van der Waals surface area contributed by atoms with Crippen LogP contribution in [0.15, 0.2) is 24.3 Å². The molecule has 30 heavy (non-hydrogen) atoms. The Morgan fingerprint density at radius 2 is 1.80 bits per heavy atom. The summed E-state index contributed by atoms with van der Waals surface area (Å²) in [5.41, 5.74) is 1.95. The zero-order valence-corrected chi connectivity index (χ0v) is 18.5. The number of rotatable bonds is 6. The van der Waals surface area contributed by atoms with Crippen LogP contribution < -0.4 is 5.32 Å². The first-order valence-corrected chi connectivity index (χ1v) is 11.9. The molecule has 0 aliphatic carbocycles. The van der Waals surface area contributed by atoms with E-state index in [2.05, 4.69) is 10.2 Å². The Labute approximate surface area is 178 Å². The molecule has 2 amide bonds. The lowest BCUT2D eigenvalue weighted by Crippen LogP contribution is -2.54. The van der Waals surface area contributed by atoms with E-state index in [4.69, 9.17) is 4.74 Å². The number of carbonyl (C=O) groups is 2. The van der Waals surface area contributed by atoms with Crippen LogP contribution in [-0.4, -0.2) is 99.6 Å². The van der Waals surface area contributed by atoms with Crippen LogP contribution in [0.2, 0.25) is 0 Å². The minimum Gasteiger partial charge on any atom is -0.356 e. The molecule has 2 atom stereocenters. The molecule has 2 fully saturated rings. The molecule has 2 heterocycles. The first-order chi connectivity index (χ1) is 14.2. The van der Waals surface area contributed by atoms with E-state index < -0.39 is 22.2 Å². The molecular weight excluding hydrogens is 408 g/mol. The number of benzene rings is 1. The van der Waals surface area contributed by atoms with Crippen LogP contribution in [-0.2, 0) is 24.3 Å². The number of nitrogens with zero attached hydrogens (tertiary/aromatic N) is 3. The lowest BCUT2D eigenvalue weighted by molar-refractivity contribution is -0.162. The summed E-state index contributed by atoms with van der Waals surface area (Å²) in [7, 11) is -1.46. The predicted octanol–water partition coefficient (Wildman–Crippen LogP) is -0.413. The highest BCUT2D eigenvalue weighted by Gasteiger charge is 2.39. The highest BCUT2D eigenvalue weighted by atomic mass is 32.2. The smallest absolute Gasteiger partial charge is 0.251 e. The molecule has 2 saturated heterocycles. The summed E-state index contributed by atoms with van der Waals surface area (Å²) in [4.78, 5) is 28.7. The van der Waals surface area contributed by atoms with Gasteiger partial charge >= 0.3 is 0 Å². The molecule has 2 aliphatic rings. The standard InChI is InChI=1S/C20H30N4O5S/c1-15-4-6-16(7-5-15)18-19(29-14-17(25)22(18)2)20(26)21-8-9-23-10-12-24(13-11-23)30(3,27)28/h4-7,18-19H,8-14H2,1-3H3,(H,21,26). The number of ether oxygens (including phenoxy) is 1. The zero-order chi connectivity index (χ0) is 21.9. The minimum absolute atomic E-state index is 0.121. The molecule has 0 saturated carbocycles. The van der Waals surface area contributed by atoms with Gasteiger partial charge in [-0.2, -0.15) is 4.31 Å². The van der Waals surface area contributed by atoms with Crippen molar-refractivity contribution in [1.82, 2.24) is 19.4 Å². The number of hydrogen-bond donors (Lipinski definition) is 1. The van der Waals surface area contributed by atoms with Crippen molar-refractivity contribution in [2.45, 2.75) is 19.1 Å². The third kappa shape index (κ3) is 5.37. The molecule has 9 nitrogen and oxygen atoms in total. The number of sulfonamides is 1. The van der Waals surface area contributed by atoms with Crippen LogP contribution in [0.3, 0.4) is 0 Å². The average Bonchev–Trinajstić information content (AvgIpc) is 2.70. The van der Waals surface area contributed by atoms with E-state index in [1.807, 2.05) is 31.2 Å². The van der Waals surface area contributed by atoms with Crippen LogP contribution in [0.1, 0.15) is 17.2 Å². The van der Waals surface area contributed by atoms with E-state index in [9.17, 15) is 18.0 Å². The molecule has 2 unspecified atom stereocenters. The number of nitrogens with one attached hydrogen (secondary N) is 1. The topological polar surface area (TPSA) is 99.3 Å². The van der Waals surface area contributed by atoms with Gasteiger partial charge in [0.2, 0.25) is 15.9 Å². The summed E-state index contributed by atoms with van der Waals surface area (Å²) >= 11 is 0. The fraction of sp³-hybridized carbons (Fsp3) is 0.600. The maximum atomic E-state index is 12.8. The van der Waals surface area contributed by atoms with Crippen molar-refractivity contribution >= 4 is 21.8 Å². The summed E-state index contributed by atoms with van der Waals surface area (Å²) in [6.07, 6.45) is 0.441. The maximum Gasteiger partial charge on any atom is 0.251 e. The number of hydrogen-bond acceptors (Lipinski definition) is 6. The van der Waals surface area contributed by atoms with Gasteiger partial charge in [-0.3, -0.25) is 14.5 Å². The van der Waals surface area contributed by atoms with Crippen molar-refractivity contribution in [2.24, 2.45) is 0 Å². The molecule has 0 bridgehead atoms. The number of piperazine rings is 1. The van der Waals surface area contributed by atoms with Crippen molar-refractivity contribution in [3.8, 4) is 0 Å². The highest BCUT2D eigenvalue weighted by molar-refractivity contribution is 7.88. The number of aryl methyl sites for hydroxylation is 1. The van der Waals surface area contributed by atoms with Gasteiger partial charge in [0.25, 0.3) is 5.91 Å². The first-order valence-electron chi connectivity index (χ1n) is 10.1. The van der Waals surface area contributed by atoms with Crippen LogP contribution >= 0.6 is 0 Å². The Morgan fingerprint density at radius 1 is 1.17 bits per heavy atom. The Balaban J connectivity index is 1.56. The van der Waals surface area contributed by atoms with E-state index >= 15 is 0 Å². The fourth-order valence-corrected chi connectivity index (χ4v) is 4.64. The second kappa shape index (κ2) is 9.42. The van der Waals surface area contributed by atoms with Crippen molar-refractivity contribution in [3.05, 3.63) is 35.4 Å². The lowest BCUT2D eigenvalue weighted by Gasteiger charge is -2.38. The van der Waals surface area contributed by atoms with Gasteiger partial charge in [0.05, 0.1) is 12.3 Å². The van der Waals surface area contributed by atoms with Crippen LogP contribution in [0.4, 0.5) is 0 Å². The van der Waals surface area contributed by atoms with Crippen molar-refractivity contribution in [2.75, 3.05) is 59.2 Å². The van der Waals surface area contributed by atoms with Crippen LogP contribution in [0, 0.1) is 6.92 Å². The van der Waals surface area contributed by atoms with E-state index in [0.717, 1.165) is 11.1 Å². The van der Waals surface area contributed by atoms with Gasteiger partial charge in [-0.25, -0.2) is 8.42 Å². The van der Waals surface area contributed by atoms with Gasteiger partial charge in [-0.1, -0.05) is 29.8 Å². The summed E-state index contributed by atoms with van der Waals surface area (Å²) < 4.78 is 30.3. The predicted molar refractivity (Wildman–Crippen MR) is 112 cm³/mol. The first kappa shape index (κ1) is 22.7. The van der Waals surface area contributed by atoms with Crippen LogP contribution in [0.5, 0.6) is 0 Å². The molecule has 0 aromatic heterocycles. The van der Waals surface area contributed by atoms with Gasteiger partial charge in [-0.05, 0) is 12.5 Å². The van der Waals surface area contributed by atoms with Gasteiger partial charge in [0, 0.05) is 46.3 Å². The molecule has 2 aliphatic heterocycles. The highest BCUT2D eigenvalue weighted by Crippen LogP contribution is 2.29. The van der Waals surface area contributed by atoms with Gasteiger partial charge in [-0.15, -0.1) is 0 Å². The number of morpholine rings is 1. The normalized spacial score (nSPS) is 24.1. The Morgan fingerprint density at radius 3 is 2.40 bits per heavy atom. The Kier molecular flexibility index (Phi) is 7.12. The number of likely N-dealkylation sites (N-methyl/N-ethyl adjacent to an activating group) is 1. The second-order valence-corrected chi connectivity index (χ2v) is 9.87. The van der Waals surface area contributed by atoms with Crippen molar-refractivity contribution in [3.63, 3.8) is 0 Å². The van der Waals surface area contributed by atoms with Crippen LogP contribution in [0.25, 0.3) is 0 Å². The molecular formula is C20H30N4O5S. The van der Waals surface area contributed by atoms with E-state index in [1.165, 1.54) is 10.6 Å². The summed E-state index contributed by atoms with van der Waals surface area (Å²) in [5, 5.41) is 2.91. The quantitative estimate of drug-likeness (QED) is 0.648. The van der Waals surface area contributed by atoms with E-state index in [-0.39, 0.29) is 18.4 Å². The molecule has 3 rings (SSSR count). The van der Waals surface area contributed by atoms with Gasteiger partial charge < -0.3 is 15.0 Å². The number of carbonyl (C=O) groups excluding carboxylic acids is 2. The second-order valence-electron chi connectivity index (χ2n) is 7.89. The van der Waals surface area contributed by atoms with E-state index in [0.29, 0.717) is 39.3 Å². The SMILES string of the molecule is Cc1ccc(C2C(C(=O)NCCN3CCN(S(C)(=O)=O)CC3)OCC(=O)N2C)cc1. The van der Waals surface area contributed by atoms with Crippen molar-refractivity contribution < 1.29 is 22.7 Å². The molecule has 0 radical (unpaired) electrons. The fourth-order valence-electron chi connectivity index (χ4n) is 3.82. The molecule has 1 aromatic rings. The van der Waals surface area contributed by atoms with Gasteiger partial charge in [0.15, 0.2) is 6.10 Å². The van der Waals surface area contributed by atoms with Crippen molar-refractivity contribution in [1.29, 1.82) is 0 Å².